The first-order chi connectivity index (χ1) is 13.8. The lowest BCUT2D eigenvalue weighted by atomic mass is 9.79. The maximum absolute atomic E-state index is 14.0. The van der Waals surface area contributed by atoms with E-state index in [2.05, 4.69) is 16.0 Å². The predicted molar refractivity (Wildman–Crippen MR) is 108 cm³/mol. The lowest BCUT2D eigenvalue weighted by molar-refractivity contribution is -0.130. The van der Waals surface area contributed by atoms with Gasteiger partial charge in [-0.3, -0.25) is 14.9 Å². The summed E-state index contributed by atoms with van der Waals surface area (Å²) in [6.07, 6.45) is 0.475. The van der Waals surface area contributed by atoms with E-state index in [1.807, 2.05) is 13.8 Å². The monoisotopic (exact) mass is 397 g/mol. The molecule has 152 valence electrons. The molecule has 0 radical (unpaired) electrons. The molecule has 4 rings (SSSR count). The van der Waals surface area contributed by atoms with E-state index in [-0.39, 0.29) is 23.8 Å². The van der Waals surface area contributed by atoms with E-state index in [1.54, 1.807) is 37.4 Å². The van der Waals surface area contributed by atoms with Gasteiger partial charge in [0.05, 0.1) is 13.0 Å². The van der Waals surface area contributed by atoms with Crippen LogP contribution in [0.1, 0.15) is 25.8 Å². The van der Waals surface area contributed by atoms with Crippen LogP contribution < -0.4 is 20.7 Å². The second kappa shape index (κ2) is 7.15. The first-order valence-corrected chi connectivity index (χ1v) is 9.69. The third kappa shape index (κ3) is 3.15. The highest BCUT2D eigenvalue weighted by Gasteiger charge is 2.60. The van der Waals surface area contributed by atoms with Crippen molar-refractivity contribution in [1.29, 1.82) is 0 Å². The normalized spacial score (nSPS) is 25.2. The molecule has 2 aromatic rings. The summed E-state index contributed by atoms with van der Waals surface area (Å²) >= 11 is 0. The van der Waals surface area contributed by atoms with Crippen molar-refractivity contribution in [3.05, 3.63) is 53.8 Å². The standard InChI is InChI=1S/C22H24FN3O3/c1-12(2)19-11-17(20(27)24-14-5-7-15(29-3)8-6-14)22(26-19)16-10-13(23)4-9-18(16)25-21(22)28/h4-10,12,17,19,26H,11H2,1-3H3,(H,24,27)(H,25,28)/t17-,19-,22+/m0/s1. The van der Waals surface area contributed by atoms with E-state index in [0.717, 1.165) is 0 Å². The Labute approximate surface area is 168 Å². The second-order valence-corrected chi connectivity index (χ2v) is 7.95. The number of methoxy groups -OCH3 is 1. The predicted octanol–water partition coefficient (Wildman–Crippen LogP) is 3.25. The Hall–Kier alpha value is -2.93. The number of ether oxygens (including phenoxy) is 1. The molecular formula is C22H24FN3O3. The second-order valence-electron chi connectivity index (χ2n) is 7.95. The molecule has 0 saturated carbocycles. The third-order valence-corrected chi connectivity index (χ3v) is 5.92. The number of rotatable bonds is 4. The zero-order valence-corrected chi connectivity index (χ0v) is 16.6. The van der Waals surface area contributed by atoms with Crippen LogP contribution in [-0.4, -0.2) is 25.0 Å². The summed E-state index contributed by atoms with van der Waals surface area (Å²) in [5, 5.41) is 9.09. The van der Waals surface area contributed by atoms with E-state index in [0.29, 0.717) is 29.1 Å². The van der Waals surface area contributed by atoms with Gasteiger partial charge >= 0.3 is 0 Å². The van der Waals surface area contributed by atoms with Crippen LogP contribution in [0, 0.1) is 17.7 Å². The van der Waals surface area contributed by atoms with Gasteiger partial charge in [-0.2, -0.15) is 0 Å². The van der Waals surface area contributed by atoms with Crippen molar-refractivity contribution in [3.63, 3.8) is 0 Å². The van der Waals surface area contributed by atoms with Crippen LogP contribution in [-0.2, 0) is 15.1 Å². The van der Waals surface area contributed by atoms with Crippen molar-refractivity contribution < 1.29 is 18.7 Å². The summed E-state index contributed by atoms with van der Waals surface area (Å²) in [7, 11) is 1.57. The SMILES string of the molecule is COc1ccc(NC(=O)[C@@H]2C[C@@H](C(C)C)N[C@@]23C(=O)Nc2ccc(F)cc23)cc1. The average molecular weight is 397 g/mol. The zero-order chi connectivity index (χ0) is 20.8. The van der Waals surface area contributed by atoms with Crippen molar-refractivity contribution >= 4 is 23.2 Å². The van der Waals surface area contributed by atoms with Crippen LogP contribution in [0.2, 0.25) is 0 Å². The molecule has 0 unspecified atom stereocenters. The van der Waals surface area contributed by atoms with E-state index in [9.17, 15) is 14.0 Å². The van der Waals surface area contributed by atoms with Crippen LogP contribution in [0.15, 0.2) is 42.5 Å². The first-order valence-electron chi connectivity index (χ1n) is 9.69. The summed E-state index contributed by atoms with van der Waals surface area (Å²) < 4.78 is 19.2. The molecule has 1 fully saturated rings. The maximum Gasteiger partial charge on any atom is 0.250 e. The van der Waals surface area contributed by atoms with Gasteiger partial charge in [-0.1, -0.05) is 13.8 Å². The Balaban J connectivity index is 1.71. The van der Waals surface area contributed by atoms with E-state index >= 15 is 0 Å². The van der Waals surface area contributed by atoms with Crippen LogP contribution in [0.4, 0.5) is 15.8 Å². The molecule has 1 spiro atoms. The molecule has 2 amide bonds. The van der Waals surface area contributed by atoms with Crippen molar-refractivity contribution in [3.8, 4) is 5.75 Å². The van der Waals surface area contributed by atoms with Gasteiger partial charge in [-0.05, 0) is 54.8 Å². The summed E-state index contributed by atoms with van der Waals surface area (Å²) in [5.41, 5.74) is 0.344. The summed E-state index contributed by atoms with van der Waals surface area (Å²) in [6, 6.07) is 11.1. The van der Waals surface area contributed by atoms with Crippen LogP contribution in [0.5, 0.6) is 5.75 Å². The highest BCUT2D eigenvalue weighted by atomic mass is 19.1. The average Bonchev–Trinajstić information content (AvgIpc) is 3.23. The fourth-order valence-corrected chi connectivity index (χ4v) is 4.31. The van der Waals surface area contributed by atoms with Gasteiger partial charge in [0, 0.05) is 23.0 Å². The van der Waals surface area contributed by atoms with Crippen LogP contribution in [0.25, 0.3) is 0 Å². The summed E-state index contributed by atoms with van der Waals surface area (Å²) in [6.45, 7) is 4.07. The Kier molecular flexibility index (Phi) is 4.78. The molecule has 0 aliphatic carbocycles. The van der Waals surface area contributed by atoms with Gasteiger partial charge in [0.2, 0.25) is 11.8 Å². The third-order valence-electron chi connectivity index (χ3n) is 5.92. The number of fused-ring (bicyclic) bond motifs is 2. The minimum Gasteiger partial charge on any atom is -0.497 e. The molecule has 2 aliphatic rings. The molecule has 3 N–H and O–H groups in total. The Bertz CT molecular complexity index is 960. The Morgan fingerprint density at radius 2 is 1.97 bits per heavy atom. The van der Waals surface area contributed by atoms with Crippen molar-refractivity contribution in [1.82, 2.24) is 5.32 Å². The van der Waals surface area contributed by atoms with Crippen LogP contribution in [0.3, 0.4) is 0 Å². The Morgan fingerprint density at radius 3 is 2.62 bits per heavy atom. The van der Waals surface area contributed by atoms with Crippen molar-refractivity contribution in [2.24, 2.45) is 11.8 Å². The highest BCUT2D eigenvalue weighted by molar-refractivity contribution is 6.10. The van der Waals surface area contributed by atoms with E-state index < -0.39 is 17.3 Å². The number of carbonyl (C=O) groups excluding carboxylic acids is 2. The topological polar surface area (TPSA) is 79.5 Å². The molecule has 29 heavy (non-hydrogen) atoms. The smallest absolute Gasteiger partial charge is 0.250 e. The lowest BCUT2D eigenvalue weighted by Crippen LogP contribution is -2.52. The minimum absolute atomic E-state index is 0.0541. The number of amides is 2. The molecule has 2 heterocycles. The number of hydrogen-bond donors (Lipinski definition) is 3. The molecule has 3 atom stereocenters. The fraction of sp³-hybridized carbons (Fsp3) is 0.364. The van der Waals surface area contributed by atoms with Crippen molar-refractivity contribution in [2.75, 3.05) is 17.7 Å². The molecule has 0 bridgehead atoms. The number of halogens is 1. The number of carbonyl (C=O) groups is 2. The first kappa shape index (κ1) is 19.4. The molecular weight excluding hydrogens is 373 g/mol. The summed E-state index contributed by atoms with van der Waals surface area (Å²) in [5.74, 6) is -0.837. The lowest BCUT2D eigenvalue weighted by Gasteiger charge is -2.29. The molecule has 7 heteroatoms. The Morgan fingerprint density at radius 1 is 1.24 bits per heavy atom. The molecule has 2 aliphatic heterocycles. The van der Waals surface area contributed by atoms with Gasteiger partial charge in [0.1, 0.15) is 17.1 Å². The number of benzene rings is 2. The fourth-order valence-electron chi connectivity index (χ4n) is 4.31. The summed E-state index contributed by atoms with van der Waals surface area (Å²) in [4.78, 5) is 26.4. The molecule has 2 aromatic carbocycles. The van der Waals surface area contributed by atoms with E-state index in [4.69, 9.17) is 4.74 Å². The highest BCUT2D eigenvalue weighted by Crippen LogP contribution is 2.48. The van der Waals surface area contributed by atoms with Crippen molar-refractivity contribution in [2.45, 2.75) is 31.8 Å². The molecule has 0 aromatic heterocycles. The zero-order valence-electron chi connectivity index (χ0n) is 16.6. The van der Waals surface area contributed by atoms with Gasteiger partial charge in [-0.15, -0.1) is 0 Å². The number of hydrogen-bond acceptors (Lipinski definition) is 4. The van der Waals surface area contributed by atoms with Crippen LogP contribution >= 0.6 is 0 Å². The number of anilines is 2. The van der Waals surface area contributed by atoms with Gasteiger partial charge in [0.25, 0.3) is 0 Å². The quantitative estimate of drug-likeness (QED) is 0.740. The van der Waals surface area contributed by atoms with E-state index in [1.165, 1.54) is 12.1 Å². The molecule has 6 nitrogen and oxygen atoms in total. The van der Waals surface area contributed by atoms with Gasteiger partial charge in [-0.25, -0.2) is 4.39 Å². The largest absolute Gasteiger partial charge is 0.497 e. The molecule has 1 saturated heterocycles. The van der Waals surface area contributed by atoms with Gasteiger partial charge < -0.3 is 15.4 Å². The minimum atomic E-state index is -1.29. The number of nitrogens with one attached hydrogen (secondary N) is 3. The maximum atomic E-state index is 14.0. The van der Waals surface area contributed by atoms with Gasteiger partial charge in [0.15, 0.2) is 0 Å².